The summed E-state index contributed by atoms with van der Waals surface area (Å²) in [4.78, 5) is 13.0. The first kappa shape index (κ1) is 15.7. The number of nitrogens with zero attached hydrogens (tertiary/aromatic N) is 1. The van der Waals surface area contributed by atoms with E-state index < -0.39 is 44.5 Å². The number of halogens is 3. The number of rotatable bonds is 5. The van der Waals surface area contributed by atoms with E-state index in [9.17, 15) is 26.4 Å². The molecule has 0 aromatic carbocycles. The van der Waals surface area contributed by atoms with Crippen molar-refractivity contribution in [3.05, 3.63) is 24.0 Å². The molecule has 6 nitrogen and oxygen atoms in total. The Morgan fingerprint density at radius 2 is 2.14 bits per heavy atom. The average molecular weight is 324 g/mol. The second-order valence-corrected chi connectivity index (χ2v) is 6.40. The van der Waals surface area contributed by atoms with Crippen molar-refractivity contribution >= 4 is 16.0 Å². The summed E-state index contributed by atoms with van der Waals surface area (Å²) < 4.78 is 64.1. The molecule has 1 heterocycles. The minimum Gasteiger partial charge on any atom is -0.481 e. The molecule has 1 aromatic rings. The lowest BCUT2D eigenvalue weighted by molar-refractivity contribution is -0.140. The van der Waals surface area contributed by atoms with Crippen LogP contribution in [0, 0.1) is 11.8 Å². The maximum absolute atomic E-state index is 12.8. The second kappa shape index (κ2) is 5.26. The third-order valence-electron chi connectivity index (χ3n) is 3.15. The Balaban J connectivity index is 2.16. The van der Waals surface area contributed by atoms with Crippen LogP contribution in [0.2, 0.25) is 0 Å². The lowest BCUT2D eigenvalue weighted by Crippen LogP contribution is -2.29. The Labute approximate surface area is 118 Å². The Bertz CT molecular complexity index is 660. The Morgan fingerprint density at radius 3 is 2.67 bits per heavy atom. The van der Waals surface area contributed by atoms with Crippen molar-refractivity contribution in [1.82, 2.24) is 9.71 Å². The predicted octanol–water partition coefficient (Wildman–Crippen LogP) is 1.10. The highest BCUT2D eigenvalue weighted by atomic mass is 32.2. The number of hydrogen-bond donors (Lipinski definition) is 2. The molecule has 2 N–H and O–H groups in total. The molecule has 0 spiro atoms. The third-order valence-corrected chi connectivity index (χ3v) is 4.61. The van der Waals surface area contributed by atoms with Crippen molar-refractivity contribution in [2.45, 2.75) is 17.5 Å². The number of carboxylic acid groups (broad SMARTS) is 1. The average Bonchev–Trinajstić information content (AvgIpc) is 3.15. The molecule has 116 valence electrons. The highest BCUT2D eigenvalue weighted by Crippen LogP contribution is 2.38. The van der Waals surface area contributed by atoms with Crippen LogP contribution in [-0.4, -0.2) is 31.0 Å². The number of aliphatic carboxylic acids is 1. The van der Waals surface area contributed by atoms with Crippen LogP contribution >= 0.6 is 0 Å². The largest absolute Gasteiger partial charge is 0.481 e. The van der Waals surface area contributed by atoms with E-state index in [2.05, 4.69) is 4.98 Å². The van der Waals surface area contributed by atoms with E-state index in [0.717, 1.165) is 6.20 Å². The molecule has 1 saturated carbocycles. The lowest BCUT2D eigenvalue weighted by Gasteiger charge is -2.13. The van der Waals surface area contributed by atoms with Gasteiger partial charge in [0.1, 0.15) is 4.90 Å². The fourth-order valence-electron chi connectivity index (χ4n) is 1.90. The van der Waals surface area contributed by atoms with Crippen LogP contribution in [0.4, 0.5) is 13.2 Å². The molecule has 0 aliphatic heterocycles. The highest BCUT2D eigenvalue weighted by molar-refractivity contribution is 7.89. The maximum Gasteiger partial charge on any atom is 0.417 e. The van der Waals surface area contributed by atoms with E-state index in [1.165, 1.54) is 0 Å². The number of hydrogen-bond acceptors (Lipinski definition) is 4. The molecule has 10 heteroatoms. The number of carboxylic acids is 1. The first-order chi connectivity index (χ1) is 9.63. The lowest BCUT2D eigenvalue weighted by atomic mass is 10.3. The zero-order valence-electron chi connectivity index (χ0n) is 10.5. The van der Waals surface area contributed by atoms with Gasteiger partial charge < -0.3 is 5.11 Å². The molecular weight excluding hydrogens is 313 g/mol. The first-order valence-corrected chi connectivity index (χ1v) is 7.35. The molecule has 0 radical (unpaired) electrons. The van der Waals surface area contributed by atoms with Gasteiger partial charge in [0.05, 0.1) is 11.5 Å². The van der Waals surface area contributed by atoms with Crippen LogP contribution in [0.25, 0.3) is 0 Å². The quantitative estimate of drug-likeness (QED) is 0.845. The summed E-state index contributed by atoms with van der Waals surface area (Å²) >= 11 is 0. The van der Waals surface area contributed by atoms with E-state index in [0.29, 0.717) is 18.7 Å². The SMILES string of the molecule is O=C(O)[C@@H]1C[C@@H]1CNS(=O)(=O)c1cnccc1C(F)(F)F. The van der Waals surface area contributed by atoms with Gasteiger partial charge in [-0.1, -0.05) is 0 Å². The van der Waals surface area contributed by atoms with Gasteiger partial charge in [-0.2, -0.15) is 13.2 Å². The molecule has 21 heavy (non-hydrogen) atoms. The topological polar surface area (TPSA) is 96.4 Å². The van der Waals surface area contributed by atoms with Gasteiger partial charge in [0.15, 0.2) is 0 Å². The highest BCUT2D eigenvalue weighted by Gasteiger charge is 2.44. The summed E-state index contributed by atoms with van der Waals surface area (Å²) in [5, 5.41) is 8.68. The van der Waals surface area contributed by atoms with Crippen LogP contribution in [0.3, 0.4) is 0 Å². The van der Waals surface area contributed by atoms with E-state index in [1.54, 1.807) is 0 Å². The van der Waals surface area contributed by atoms with Gasteiger partial charge in [-0.05, 0) is 18.4 Å². The molecular formula is C11H11F3N2O4S. The summed E-state index contributed by atoms with van der Waals surface area (Å²) in [6, 6.07) is 0.575. The van der Waals surface area contributed by atoms with E-state index in [4.69, 9.17) is 5.11 Å². The Morgan fingerprint density at radius 1 is 1.48 bits per heavy atom. The number of nitrogens with one attached hydrogen (secondary N) is 1. The molecule has 0 saturated heterocycles. The molecule has 2 rings (SSSR count). The Kier molecular flexibility index (Phi) is 3.93. The van der Waals surface area contributed by atoms with Crippen LogP contribution in [0.1, 0.15) is 12.0 Å². The van der Waals surface area contributed by atoms with Gasteiger partial charge in [-0.25, -0.2) is 13.1 Å². The molecule has 1 aliphatic rings. The summed E-state index contributed by atoms with van der Waals surface area (Å²) in [7, 11) is -4.40. The predicted molar refractivity (Wildman–Crippen MR) is 63.7 cm³/mol. The van der Waals surface area contributed by atoms with Gasteiger partial charge in [0, 0.05) is 18.9 Å². The zero-order chi connectivity index (χ0) is 15.8. The summed E-state index contributed by atoms with van der Waals surface area (Å²) in [5.74, 6) is -2.09. The van der Waals surface area contributed by atoms with E-state index >= 15 is 0 Å². The molecule has 1 fully saturated rings. The minimum atomic E-state index is -4.82. The maximum atomic E-state index is 12.8. The van der Waals surface area contributed by atoms with Crippen LogP contribution in [0.5, 0.6) is 0 Å². The normalized spacial score (nSPS) is 22.0. The van der Waals surface area contributed by atoms with Gasteiger partial charge in [-0.15, -0.1) is 0 Å². The fourth-order valence-corrected chi connectivity index (χ4v) is 3.16. The van der Waals surface area contributed by atoms with Gasteiger partial charge in [0.2, 0.25) is 10.0 Å². The number of aromatic nitrogens is 1. The molecule has 0 amide bonds. The van der Waals surface area contributed by atoms with E-state index in [-0.39, 0.29) is 6.54 Å². The smallest absolute Gasteiger partial charge is 0.417 e. The summed E-state index contributed by atoms with van der Waals surface area (Å²) in [6.45, 7) is -0.217. The van der Waals surface area contributed by atoms with Gasteiger partial charge in [0.25, 0.3) is 0 Å². The van der Waals surface area contributed by atoms with Crippen molar-refractivity contribution in [2.75, 3.05) is 6.54 Å². The Hall–Kier alpha value is -1.68. The molecule has 0 unspecified atom stereocenters. The minimum absolute atomic E-state index is 0.217. The van der Waals surface area contributed by atoms with Crippen molar-refractivity contribution < 1.29 is 31.5 Å². The van der Waals surface area contributed by atoms with Crippen LogP contribution in [0.15, 0.2) is 23.4 Å². The van der Waals surface area contributed by atoms with Crippen molar-refractivity contribution in [3.8, 4) is 0 Å². The zero-order valence-corrected chi connectivity index (χ0v) is 11.3. The van der Waals surface area contributed by atoms with Crippen molar-refractivity contribution in [1.29, 1.82) is 0 Å². The molecule has 1 aliphatic carbocycles. The standard InChI is InChI=1S/C11H11F3N2O4S/c12-11(13,14)8-1-2-15-5-9(8)21(19,20)16-4-6-3-7(6)10(17)18/h1-2,5-7,16H,3-4H2,(H,17,18)/t6-,7-/m1/s1. The summed E-state index contributed by atoms with van der Waals surface area (Å²) in [6.07, 6.45) is -3.05. The monoisotopic (exact) mass is 324 g/mol. The number of sulfonamides is 1. The van der Waals surface area contributed by atoms with Crippen LogP contribution in [-0.2, 0) is 21.0 Å². The van der Waals surface area contributed by atoms with Gasteiger partial charge in [-0.3, -0.25) is 9.78 Å². The molecule has 0 bridgehead atoms. The van der Waals surface area contributed by atoms with Crippen molar-refractivity contribution in [2.24, 2.45) is 11.8 Å². The molecule has 2 atom stereocenters. The molecule has 1 aromatic heterocycles. The second-order valence-electron chi connectivity index (χ2n) is 4.66. The number of alkyl halides is 3. The fraction of sp³-hybridized carbons (Fsp3) is 0.455. The third kappa shape index (κ3) is 3.50. The number of carbonyl (C=O) groups is 1. The van der Waals surface area contributed by atoms with Gasteiger partial charge >= 0.3 is 12.1 Å². The van der Waals surface area contributed by atoms with E-state index in [1.807, 2.05) is 4.72 Å². The van der Waals surface area contributed by atoms with Crippen molar-refractivity contribution in [3.63, 3.8) is 0 Å². The van der Waals surface area contributed by atoms with Crippen LogP contribution < -0.4 is 4.72 Å². The first-order valence-electron chi connectivity index (χ1n) is 5.86. The number of pyridine rings is 1. The summed E-state index contributed by atoms with van der Waals surface area (Å²) in [5.41, 5.74) is -1.31.